The van der Waals surface area contributed by atoms with Crippen LogP contribution >= 0.6 is 0 Å². The molecule has 2 N–H and O–H groups in total. The van der Waals surface area contributed by atoms with Crippen LogP contribution in [0.4, 0.5) is 0 Å². The van der Waals surface area contributed by atoms with Crippen molar-refractivity contribution in [2.75, 3.05) is 0 Å². The Bertz CT molecular complexity index is 599. The highest BCUT2D eigenvalue weighted by Crippen LogP contribution is 2.11. The number of rotatable bonds is 1. The van der Waals surface area contributed by atoms with E-state index in [1.807, 2.05) is 32.0 Å². The first-order valence-electron chi connectivity index (χ1n) is 5.27. The maximum absolute atomic E-state index is 12.1. The normalized spacial score (nSPS) is 13.0. The van der Waals surface area contributed by atoms with Crippen molar-refractivity contribution in [3.63, 3.8) is 0 Å². The summed E-state index contributed by atoms with van der Waals surface area (Å²) in [6, 6.07) is 5.37. The quantitative estimate of drug-likeness (QED) is 0.784. The molecule has 0 saturated heterocycles. The molecular weight excluding hydrogens is 202 g/mol. The molecule has 4 nitrogen and oxygen atoms in total. The van der Waals surface area contributed by atoms with E-state index in [2.05, 4.69) is 4.98 Å². The van der Waals surface area contributed by atoms with Crippen molar-refractivity contribution < 1.29 is 0 Å². The van der Waals surface area contributed by atoms with E-state index < -0.39 is 0 Å². The van der Waals surface area contributed by atoms with Gasteiger partial charge in [-0.15, -0.1) is 0 Å². The Morgan fingerprint density at radius 3 is 2.69 bits per heavy atom. The van der Waals surface area contributed by atoms with Gasteiger partial charge in [0.05, 0.1) is 5.69 Å². The lowest BCUT2D eigenvalue weighted by atomic mass is 10.1. The highest BCUT2D eigenvalue weighted by molar-refractivity contribution is 5.42. The summed E-state index contributed by atoms with van der Waals surface area (Å²) in [7, 11) is 0. The Morgan fingerprint density at radius 2 is 2.06 bits per heavy atom. The van der Waals surface area contributed by atoms with Crippen molar-refractivity contribution in [3.8, 4) is 0 Å². The van der Waals surface area contributed by atoms with Crippen molar-refractivity contribution in [1.82, 2.24) is 9.38 Å². The topological polar surface area (TPSA) is 60.4 Å². The smallest absolute Gasteiger partial charge is 0.261 e. The minimum Gasteiger partial charge on any atom is -0.323 e. The molecule has 0 aliphatic rings. The number of pyridine rings is 1. The van der Waals surface area contributed by atoms with Gasteiger partial charge in [0.1, 0.15) is 5.65 Å². The van der Waals surface area contributed by atoms with Gasteiger partial charge in [0.15, 0.2) is 0 Å². The molecule has 0 fully saturated rings. The number of aryl methyl sites for hydroxylation is 1. The molecule has 2 aromatic rings. The fourth-order valence-corrected chi connectivity index (χ4v) is 1.88. The molecule has 1 unspecified atom stereocenters. The molecule has 0 aliphatic carbocycles. The summed E-state index contributed by atoms with van der Waals surface area (Å²) in [4.78, 5) is 16.6. The van der Waals surface area contributed by atoms with Crippen LogP contribution < -0.4 is 11.3 Å². The van der Waals surface area contributed by atoms with Crippen molar-refractivity contribution >= 4 is 5.65 Å². The van der Waals surface area contributed by atoms with Gasteiger partial charge in [0.25, 0.3) is 5.56 Å². The molecule has 0 amide bonds. The van der Waals surface area contributed by atoms with Gasteiger partial charge in [-0.05, 0) is 32.9 Å². The largest absolute Gasteiger partial charge is 0.323 e. The molecule has 0 aromatic carbocycles. The van der Waals surface area contributed by atoms with Crippen LogP contribution in [-0.2, 0) is 0 Å². The van der Waals surface area contributed by atoms with Crippen molar-refractivity contribution in [3.05, 3.63) is 45.5 Å². The van der Waals surface area contributed by atoms with Gasteiger partial charge in [-0.1, -0.05) is 6.07 Å². The summed E-state index contributed by atoms with van der Waals surface area (Å²) in [6.45, 7) is 5.50. The van der Waals surface area contributed by atoms with Crippen LogP contribution in [0.5, 0.6) is 0 Å². The number of hydrogen-bond acceptors (Lipinski definition) is 3. The molecule has 1 atom stereocenters. The second-order valence-electron chi connectivity index (χ2n) is 4.08. The monoisotopic (exact) mass is 217 g/mol. The molecule has 2 heterocycles. The standard InChI is InChI=1S/C12H15N3O/c1-7-5-4-6-10-14-11(9(3)13)8(2)12(16)15(7)10/h4-6,9H,13H2,1-3H3. The van der Waals surface area contributed by atoms with Crippen molar-refractivity contribution in [1.29, 1.82) is 0 Å². The summed E-state index contributed by atoms with van der Waals surface area (Å²) < 4.78 is 1.61. The van der Waals surface area contributed by atoms with Gasteiger partial charge in [-0.3, -0.25) is 9.20 Å². The minimum absolute atomic E-state index is 0.0320. The van der Waals surface area contributed by atoms with Crippen LogP contribution in [0.15, 0.2) is 23.0 Å². The first-order chi connectivity index (χ1) is 7.52. The number of nitrogens with zero attached hydrogens (tertiary/aromatic N) is 2. The predicted octanol–water partition coefficient (Wildman–Crippen LogP) is 1.33. The van der Waals surface area contributed by atoms with Gasteiger partial charge in [-0.2, -0.15) is 0 Å². The lowest BCUT2D eigenvalue weighted by molar-refractivity contribution is 0.759. The van der Waals surface area contributed by atoms with E-state index in [0.717, 1.165) is 5.69 Å². The third-order valence-corrected chi connectivity index (χ3v) is 2.74. The van der Waals surface area contributed by atoms with Crippen molar-refractivity contribution in [2.24, 2.45) is 5.73 Å². The third-order valence-electron chi connectivity index (χ3n) is 2.74. The molecule has 2 rings (SSSR count). The summed E-state index contributed by atoms with van der Waals surface area (Å²) in [5.41, 5.74) is 8.61. The Kier molecular flexibility index (Phi) is 2.52. The molecule has 0 bridgehead atoms. The molecule has 0 spiro atoms. The fraction of sp³-hybridized carbons (Fsp3) is 0.333. The molecule has 84 valence electrons. The minimum atomic E-state index is -0.224. The second kappa shape index (κ2) is 3.72. The average Bonchev–Trinajstić information content (AvgIpc) is 2.22. The Hall–Kier alpha value is -1.68. The zero-order chi connectivity index (χ0) is 11.9. The van der Waals surface area contributed by atoms with E-state index in [9.17, 15) is 4.79 Å². The first kappa shape index (κ1) is 10.8. The fourth-order valence-electron chi connectivity index (χ4n) is 1.88. The molecule has 0 aliphatic heterocycles. The second-order valence-corrected chi connectivity index (χ2v) is 4.08. The SMILES string of the molecule is Cc1c(C(C)N)nc2cccc(C)n2c1=O. The Morgan fingerprint density at radius 1 is 1.38 bits per heavy atom. The zero-order valence-electron chi connectivity index (χ0n) is 9.69. The Labute approximate surface area is 93.7 Å². The van der Waals surface area contributed by atoms with Crippen LogP contribution in [0.25, 0.3) is 5.65 Å². The maximum atomic E-state index is 12.1. The Balaban J connectivity index is 2.95. The van der Waals surface area contributed by atoms with E-state index in [4.69, 9.17) is 5.73 Å². The van der Waals surface area contributed by atoms with Gasteiger partial charge in [-0.25, -0.2) is 4.98 Å². The summed E-state index contributed by atoms with van der Waals surface area (Å²) in [6.07, 6.45) is 0. The van der Waals surface area contributed by atoms with E-state index in [0.29, 0.717) is 16.9 Å². The van der Waals surface area contributed by atoms with E-state index >= 15 is 0 Å². The molecule has 0 radical (unpaired) electrons. The van der Waals surface area contributed by atoms with Crippen LogP contribution in [0.1, 0.15) is 29.9 Å². The van der Waals surface area contributed by atoms with Crippen LogP contribution in [-0.4, -0.2) is 9.38 Å². The number of nitrogens with two attached hydrogens (primary N) is 1. The van der Waals surface area contributed by atoms with Crippen LogP contribution in [0.2, 0.25) is 0 Å². The molecular formula is C12H15N3O. The van der Waals surface area contributed by atoms with Gasteiger partial charge in [0.2, 0.25) is 0 Å². The van der Waals surface area contributed by atoms with Gasteiger partial charge >= 0.3 is 0 Å². The highest BCUT2D eigenvalue weighted by atomic mass is 16.1. The average molecular weight is 217 g/mol. The van der Waals surface area contributed by atoms with Gasteiger partial charge in [0, 0.05) is 17.3 Å². The van der Waals surface area contributed by atoms with Crippen molar-refractivity contribution in [2.45, 2.75) is 26.8 Å². The molecule has 0 saturated carbocycles. The van der Waals surface area contributed by atoms with E-state index in [-0.39, 0.29) is 11.6 Å². The van der Waals surface area contributed by atoms with Crippen LogP contribution in [0.3, 0.4) is 0 Å². The summed E-state index contributed by atoms with van der Waals surface area (Å²) >= 11 is 0. The maximum Gasteiger partial charge on any atom is 0.261 e. The van der Waals surface area contributed by atoms with E-state index in [1.54, 1.807) is 11.3 Å². The number of aromatic nitrogens is 2. The summed E-state index contributed by atoms with van der Waals surface area (Å²) in [5, 5.41) is 0. The third kappa shape index (κ3) is 1.51. The lowest BCUT2D eigenvalue weighted by Crippen LogP contribution is -2.24. The first-order valence-corrected chi connectivity index (χ1v) is 5.27. The number of fused-ring (bicyclic) bond motifs is 1. The highest BCUT2D eigenvalue weighted by Gasteiger charge is 2.12. The lowest BCUT2D eigenvalue weighted by Gasteiger charge is -2.11. The van der Waals surface area contributed by atoms with E-state index in [1.165, 1.54) is 0 Å². The van der Waals surface area contributed by atoms with Gasteiger partial charge < -0.3 is 5.73 Å². The molecule has 16 heavy (non-hydrogen) atoms. The molecule has 4 heteroatoms. The summed E-state index contributed by atoms with van der Waals surface area (Å²) in [5.74, 6) is 0. The van der Waals surface area contributed by atoms with Crippen LogP contribution in [0, 0.1) is 13.8 Å². The predicted molar refractivity (Wildman–Crippen MR) is 63.5 cm³/mol. The molecule has 2 aromatic heterocycles. The number of hydrogen-bond donors (Lipinski definition) is 1. The zero-order valence-corrected chi connectivity index (χ0v) is 9.69.